The normalized spacial score (nSPS) is 12.5. The second-order valence-electron chi connectivity index (χ2n) is 12.0. The first-order valence-corrected chi connectivity index (χ1v) is 16.3. The zero-order chi connectivity index (χ0) is 36.0. The SMILES string of the molecule is C=CCOC(=O)[C@H](Cc1ccccc1)NC(=O)c1ccccc1-c1ccccc1C(=O)N[C@@H](Cc1ccccc1)C(=O)N[C@H](C(=O)O)C(C)C. The molecule has 0 aliphatic rings. The average Bonchev–Trinajstić information content (AvgIpc) is 3.12. The van der Waals surface area contributed by atoms with Crippen LogP contribution < -0.4 is 16.0 Å². The van der Waals surface area contributed by atoms with E-state index >= 15 is 0 Å². The highest BCUT2D eigenvalue weighted by Crippen LogP contribution is 2.28. The maximum Gasteiger partial charge on any atom is 0.329 e. The van der Waals surface area contributed by atoms with E-state index in [0.717, 1.165) is 11.1 Å². The van der Waals surface area contributed by atoms with Crippen molar-refractivity contribution in [3.63, 3.8) is 0 Å². The van der Waals surface area contributed by atoms with Crippen LogP contribution in [0.4, 0.5) is 0 Å². The number of esters is 1. The van der Waals surface area contributed by atoms with E-state index in [2.05, 4.69) is 22.5 Å². The molecule has 0 radical (unpaired) electrons. The number of rotatable bonds is 16. The van der Waals surface area contributed by atoms with Crippen molar-refractivity contribution in [1.29, 1.82) is 0 Å². The van der Waals surface area contributed by atoms with Crippen LogP contribution in [0.3, 0.4) is 0 Å². The number of ether oxygens (including phenoxy) is 1. The van der Waals surface area contributed by atoms with E-state index in [0.29, 0.717) is 11.1 Å². The lowest BCUT2D eigenvalue weighted by atomic mass is 9.94. The van der Waals surface area contributed by atoms with Gasteiger partial charge in [-0.3, -0.25) is 14.4 Å². The molecule has 50 heavy (non-hydrogen) atoms. The summed E-state index contributed by atoms with van der Waals surface area (Å²) >= 11 is 0. The largest absolute Gasteiger partial charge is 0.480 e. The summed E-state index contributed by atoms with van der Waals surface area (Å²) in [6, 6.07) is 28.3. The molecule has 4 N–H and O–H groups in total. The van der Waals surface area contributed by atoms with Crippen LogP contribution in [0.1, 0.15) is 45.7 Å². The first kappa shape index (κ1) is 36.8. The van der Waals surface area contributed by atoms with Crippen LogP contribution in [0.2, 0.25) is 0 Å². The van der Waals surface area contributed by atoms with Crippen molar-refractivity contribution in [2.24, 2.45) is 5.92 Å². The summed E-state index contributed by atoms with van der Waals surface area (Å²) in [7, 11) is 0. The van der Waals surface area contributed by atoms with Gasteiger partial charge >= 0.3 is 11.9 Å². The molecule has 0 aliphatic carbocycles. The molecule has 0 saturated carbocycles. The molecule has 0 unspecified atom stereocenters. The zero-order valence-corrected chi connectivity index (χ0v) is 28.0. The van der Waals surface area contributed by atoms with Crippen molar-refractivity contribution < 1.29 is 33.8 Å². The first-order chi connectivity index (χ1) is 24.1. The van der Waals surface area contributed by atoms with Gasteiger partial charge in [0.15, 0.2) is 0 Å². The maximum atomic E-state index is 14.0. The van der Waals surface area contributed by atoms with Crippen molar-refractivity contribution in [3.05, 3.63) is 144 Å². The molecule has 3 atom stereocenters. The lowest BCUT2D eigenvalue weighted by Crippen LogP contribution is -2.54. The molecule has 258 valence electrons. The van der Waals surface area contributed by atoms with Crippen LogP contribution in [-0.4, -0.2) is 59.5 Å². The smallest absolute Gasteiger partial charge is 0.329 e. The molecule has 0 bridgehead atoms. The van der Waals surface area contributed by atoms with E-state index in [9.17, 15) is 29.1 Å². The number of carbonyl (C=O) groups excluding carboxylic acids is 4. The molecule has 4 aromatic carbocycles. The fraction of sp³-hybridized carbons (Fsp3) is 0.225. The predicted molar refractivity (Wildman–Crippen MR) is 190 cm³/mol. The van der Waals surface area contributed by atoms with Gasteiger partial charge in [0.2, 0.25) is 5.91 Å². The van der Waals surface area contributed by atoms with Gasteiger partial charge in [0.25, 0.3) is 11.8 Å². The van der Waals surface area contributed by atoms with Gasteiger partial charge in [0, 0.05) is 24.0 Å². The highest BCUT2D eigenvalue weighted by Gasteiger charge is 2.30. The van der Waals surface area contributed by atoms with Crippen LogP contribution in [-0.2, 0) is 32.0 Å². The topological polar surface area (TPSA) is 151 Å². The van der Waals surface area contributed by atoms with E-state index in [4.69, 9.17) is 4.74 Å². The van der Waals surface area contributed by atoms with Crippen LogP contribution >= 0.6 is 0 Å². The molecule has 0 spiro atoms. The minimum atomic E-state index is -1.18. The third-order valence-corrected chi connectivity index (χ3v) is 7.98. The minimum Gasteiger partial charge on any atom is -0.480 e. The number of benzene rings is 4. The molecule has 0 heterocycles. The van der Waals surface area contributed by atoms with E-state index < -0.39 is 53.7 Å². The molecule has 10 nitrogen and oxygen atoms in total. The van der Waals surface area contributed by atoms with Crippen molar-refractivity contribution in [2.75, 3.05) is 6.61 Å². The molecule has 0 aliphatic heterocycles. The van der Waals surface area contributed by atoms with Crippen LogP contribution in [0.25, 0.3) is 11.1 Å². The van der Waals surface area contributed by atoms with E-state index in [1.54, 1.807) is 74.5 Å². The van der Waals surface area contributed by atoms with E-state index in [-0.39, 0.29) is 30.6 Å². The second kappa shape index (κ2) is 17.9. The van der Waals surface area contributed by atoms with Gasteiger partial charge in [0.1, 0.15) is 24.7 Å². The number of aliphatic carboxylic acids is 1. The first-order valence-electron chi connectivity index (χ1n) is 16.3. The fourth-order valence-electron chi connectivity index (χ4n) is 5.42. The van der Waals surface area contributed by atoms with Gasteiger partial charge in [-0.25, -0.2) is 9.59 Å². The third-order valence-electron chi connectivity index (χ3n) is 7.98. The number of carboxylic acids is 1. The third kappa shape index (κ3) is 9.99. The summed E-state index contributed by atoms with van der Waals surface area (Å²) in [5, 5.41) is 17.9. The Labute approximate surface area is 291 Å². The summed E-state index contributed by atoms with van der Waals surface area (Å²) in [6.45, 7) is 6.93. The Morgan fingerprint density at radius 1 is 0.660 bits per heavy atom. The minimum absolute atomic E-state index is 0.0171. The Morgan fingerprint density at radius 2 is 1.10 bits per heavy atom. The molecule has 4 rings (SSSR count). The summed E-state index contributed by atoms with van der Waals surface area (Å²) in [5.41, 5.74) is 2.81. The highest BCUT2D eigenvalue weighted by molar-refractivity contribution is 6.08. The Hall–Kier alpha value is -6.03. The quantitative estimate of drug-likeness (QED) is 0.0965. The predicted octanol–water partition coefficient (Wildman–Crippen LogP) is 4.99. The van der Waals surface area contributed by atoms with Crippen molar-refractivity contribution >= 4 is 29.7 Å². The van der Waals surface area contributed by atoms with E-state index in [1.165, 1.54) is 6.08 Å². The van der Waals surface area contributed by atoms with Crippen LogP contribution in [0, 0.1) is 5.92 Å². The number of hydrogen-bond acceptors (Lipinski definition) is 6. The highest BCUT2D eigenvalue weighted by atomic mass is 16.5. The van der Waals surface area contributed by atoms with Crippen LogP contribution in [0.5, 0.6) is 0 Å². The summed E-state index contributed by atoms with van der Waals surface area (Å²) in [4.78, 5) is 66.2. The number of nitrogens with one attached hydrogen (secondary N) is 3. The van der Waals surface area contributed by atoms with Gasteiger partial charge in [-0.15, -0.1) is 0 Å². The Balaban J connectivity index is 1.64. The van der Waals surface area contributed by atoms with Crippen molar-refractivity contribution in [2.45, 2.75) is 44.8 Å². The monoisotopic (exact) mass is 675 g/mol. The lowest BCUT2D eigenvalue weighted by molar-refractivity contribution is -0.144. The van der Waals surface area contributed by atoms with Crippen molar-refractivity contribution in [3.8, 4) is 11.1 Å². The van der Waals surface area contributed by atoms with E-state index in [1.807, 2.05) is 48.5 Å². The molecule has 4 aromatic rings. The summed E-state index contributed by atoms with van der Waals surface area (Å²) in [6.07, 6.45) is 1.74. The molecule has 0 fully saturated rings. The number of hydrogen-bond donors (Lipinski definition) is 4. The molecular weight excluding hydrogens is 634 g/mol. The Morgan fingerprint density at radius 3 is 1.56 bits per heavy atom. The Bertz CT molecular complexity index is 1810. The standard InChI is InChI=1S/C40H41N3O7/c1-4-23-50-40(49)34(25-28-17-9-6-10-18-28)42-37(45)32-22-14-12-20-30(32)29-19-11-13-21-31(29)36(44)41-33(24-27-15-7-5-8-16-27)38(46)43-35(26(2)3)39(47)48/h4-22,26,33-35H,1,23-25H2,2-3H3,(H,41,44)(H,42,45)(H,43,46)(H,47,48)/t33-,34-,35-/m0/s1. The molecule has 0 saturated heterocycles. The molecule has 3 amide bonds. The van der Waals surface area contributed by atoms with Gasteiger partial charge < -0.3 is 25.8 Å². The summed E-state index contributed by atoms with van der Waals surface area (Å²) < 4.78 is 5.29. The van der Waals surface area contributed by atoms with Gasteiger partial charge in [-0.05, 0) is 40.3 Å². The zero-order valence-electron chi connectivity index (χ0n) is 28.0. The molecular formula is C40H41N3O7. The fourth-order valence-corrected chi connectivity index (χ4v) is 5.42. The number of carbonyl (C=O) groups is 5. The maximum absolute atomic E-state index is 14.0. The molecule has 0 aromatic heterocycles. The number of carboxylic acid groups (broad SMARTS) is 1. The van der Waals surface area contributed by atoms with Crippen molar-refractivity contribution in [1.82, 2.24) is 16.0 Å². The van der Waals surface area contributed by atoms with Crippen LogP contribution in [0.15, 0.2) is 122 Å². The van der Waals surface area contributed by atoms with Gasteiger partial charge in [-0.2, -0.15) is 0 Å². The van der Waals surface area contributed by atoms with Gasteiger partial charge in [0.05, 0.1) is 0 Å². The molecule has 10 heteroatoms. The lowest BCUT2D eigenvalue weighted by Gasteiger charge is -2.24. The van der Waals surface area contributed by atoms with Gasteiger partial charge in [-0.1, -0.05) is 124 Å². The number of amides is 3. The Kier molecular flexibility index (Phi) is 13.2. The second-order valence-corrected chi connectivity index (χ2v) is 12.0. The average molecular weight is 676 g/mol. The summed E-state index contributed by atoms with van der Waals surface area (Å²) in [5.74, 6) is -4.00.